The molecule has 0 N–H and O–H groups in total. The molecule has 0 aromatic carbocycles. The van der Waals surface area contributed by atoms with E-state index in [4.69, 9.17) is 4.84 Å². The normalized spacial score (nSPS) is 20.2. The summed E-state index contributed by atoms with van der Waals surface area (Å²) in [6.45, 7) is 5.54. The zero-order valence-corrected chi connectivity index (χ0v) is 6.58. The van der Waals surface area contributed by atoms with E-state index in [1.165, 1.54) is 0 Å². The second-order valence-electron chi connectivity index (χ2n) is 2.55. The van der Waals surface area contributed by atoms with E-state index in [-0.39, 0.29) is 0 Å². The molecule has 1 aliphatic rings. The van der Waals surface area contributed by atoms with Crippen molar-refractivity contribution in [1.82, 2.24) is 5.06 Å². The molecule has 11 heavy (non-hydrogen) atoms. The number of carbonyl (C=O) groups is 1. The SMILES string of the molecule is C=CCON1CCC(=O)CC1. The highest BCUT2D eigenvalue weighted by molar-refractivity contribution is 5.79. The van der Waals surface area contributed by atoms with Crippen molar-refractivity contribution in [3.8, 4) is 0 Å². The Hall–Kier alpha value is -0.670. The lowest BCUT2D eigenvalue weighted by Gasteiger charge is -2.24. The molecule has 1 aliphatic heterocycles. The summed E-state index contributed by atoms with van der Waals surface area (Å²) < 4.78 is 0. The molecule has 0 aromatic rings. The van der Waals surface area contributed by atoms with Crippen molar-refractivity contribution in [3.63, 3.8) is 0 Å². The molecule has 1 heterocycles. The molecule has 0 aliphatic carbocycles. The summed E-state index contributed by atoms with van der Waals surface area (Å²) in [7, 11) is 0. The average Bonchev–Trinajstić information content (AvgIpc) is 2.04. The van der Waals surface area contributed by atoms with Gasteiger partial charge in [0.25, 0.3) is 0 Å². The topological polar surface area (TPSA) is 29.5 Å². The predicted octanol–water partition coefficient (Wildman–Crippen LogP) is 0.769. The van der Waals surface area contributed by atoms with Gasteiger partial charge in [0.05, 0.1) is 6.61 Å². The summed E-state index contributed by atoms with van der Waals surface area (Å²) in [6, 6.07) is 0. The van der Waals surface area contributed by atoms with E-state index in [0.29, 0.717) is 25.2 Å². The van der Waals surface area contributed by atoms with Gasteiger partial charge in [-0.3, -0.25) is 9.63 Å². The molecule has 0 aromatic heterocycles. The number of hydrogen-bond acceptors (Lipinski definition) is 3. The summed E-state index contributed by atoms with van der Waals surface area (Å²) in [5, 5.41) is 1.82. The van der Waals surface area contributed by atoms with E-state index in [2.05, 4.69) is 6.58 Å². The zero-order valence-electron chi connectivity index (χ0n) is 6.58. The molecule has 3 heteroatoms. The van der Waals surface area contributed by atoms with Crippen molar-refractivity contribution in [2.75, 3.05) is 19.7 Å². The van der Waals surface area contributed by atoms with Crippen LogP contribution in [0.2, 0.25) is 0 Å². The summed E-state index contributed by atoms with van der Waals surface area (Å²) in [6.07, 6.45) is 2.95. The van der Waals surface area contributed by atoms with Crippen LogP contribution in [0, 0.1) is 0 Å². The second-order valence-corrected chi connectivity index (χ2v) is 2.55. The van der Waals surface area contributed by atoms with Crippen molar-refractivity contribution < 1.29 is 9.63 Å². The van der Waals surface area contributed by atoms with Crippen LogP contribution in [0.4, 0.5) is 0 Å². The van der Waals surface area contributed by atoms with Gasteiger partial charge in [-0.2, -0.15) is 5.06 Å². The Kier molecular flexibility index (Phi) is 3.26. The van der Waals surface area contributed by atoms with Gasteiger partial charge in [-0.25, -0.2) is 0 Å². The van der Waals surface area contributed by atoms with Crippen LogP contribution in [-0.4, -0.2) is 30.5 Å². The lowest BCUT2D eigenvalue weighted by Crippen LogP contribution is -2.33. The molecule has 0 atom stereocenters. The van der Waals surface area contributed by atoms with Crippen molar-refractivity contribution in [1.29, 1.82) is 0 Å². The highest BCUT2D eigenvalue weighted by Gasteiger charge is 2.15. The number of nitrogens with zero attached hydrogens (tertiary/aromatic N) is 1. The molecule has 3 nitrogen and oxygen atoms in total. The van der Waals surface area contributed by atoms with E-state index < -0.39 is 0 Å². The molecular weight excluding hydrogens is 142 g/mol. The molecule has 0 saturated carbocycles. The third kappa shape index (κ3) is 2.82. The van der Waals surface area contributed by atoms with Gasteiger partial charge >= 0.3 is 0 Å². The number of rotatable bonds is 3. The third-order valence-electron chi connectivity index (χ3n) is 1.66. The van der Waals surface area contributed by atoms with E-state index in [1.807, 2.05) is 5.06 Å². The van der Waals surface area contributed by atoms with Crippen LogP contribution in [0.3, 0.4) is 0 Å². The minimum absolute atomic E-state index is 0.337. The van der Waals surface area contributed by atoms with Gasteiger partial charge in [0.1, 0.15) is 5.78 Å². The number of carbonyl (C=O) groups excluding carboxylic acids is 1. The highest BCUT2D eigenvalue weighted by atomic mass is 16.7. The van der Waals surface area contributed by atoms with Crippen LogP contribution in [-0.2, 0) is 9.63 Å². The molecule has 0 spiro atoms. The van der Waals surface area contributed by atoms with Crippen molar-refractivity contribution in [2.45, 2.75) is 12.8 Å². The smallest absolute Gasteiger partial charge is 0.135 e. The number of hydroxylamine groups is 2. The van der Waals surface area contributed by atoms with Crippen LogP contribution < -0.4 is 0 Å². The van der Waals surface area contributed by atoms with Gasteiger partial charge in [-0.1, -0.05) is 6.08 Å². The van der Waals surface area contributed by atoms with Crippen LogP contribution in [0.5, 0.6) is 0 Å². The quantitative estimate of drug-likeness (QED) is 0.564. The van der Waals surface area contributed by atoms with E-state index in [0.717, 1.165) is 13.1 Å². The van der Waals surface area contributed by atoms with Gasteiger partial charge in [-0.05, 0) is 0 Å². The Balaban J connectivity index is 2.16. The minimum atomic E-state index is 0.337. The van der Waals surface area contributed by atoms with Crippen molar-refractivity contribution in [3.05, 3.63) is 12.7 Å². The van der Waals surface area contributed by atoms with Crippen LogP contribution in [0.1, 0.15) is 12.8 Å². The van der Waals surface area contributed by atoms with E-state index >= 15 is 0 Å². The standard InChI is InChI=1S/C8H13NO2/c1-2-7-11-9-5-3-8(10)4-6-9/h2H,1,3-7H2. The first-order chi connectivity index (χ1) is 5.33. The third-order valence-corrected chi connectivity index (χ3v) is 1.66. The highest BCUT2D eigenvalue weighted by Crippen LogP contribution is 2.05. The Morgan fingerprint density at radius 3 is 2.73 bits per heavy atom. The molecule has 62 valence electrons. The predicted molar refractivity (Wildman–Crippen MR) is 42.0 cm³/mol. The van der Waals surface area contributed by atoms with Gasteiger partial charge in [0, 0.05) is 25.9 Å². The first kappa shape index (κ1) is 8.43. The number of ketones is 1. The first-order valence-electron chi connectivity index (χ1n) is 3.83. The summed E-state index contributed by atoms with van der Waals surface area (Å²) in [5.74, 6) is 0.337. The van der Waals surface area contributed by atoms with Crippen LogP contribution in [0.15, 0.2) is 12.7 Å². The summed E-state index contributed by atoms with van der Waals surface area (Å²) in [5.41, 5.74) is 0. The number of piperidine rings is 1. The molecule has 1 rings (SSSR count). The molecule has 0 unspecified atom stereocenters. The molecule has 1 fully saturated rings. The van der Waals surface area contributed by atoms with Gasteiger partial charge < -0.3 is 0 Å². The fraction of sp³-hybridized carbons (Fsp3) is 0.625. The Morgan fingerprint density at radius 2 is 2.18 bits per heavy atom. The second kappa shape index (κ2) is 4.26. The van der Waals surface area contributed by atoms with Gasteiger partial charge in [0.2, 0.25) is 0 Å². The van der Waals surface area contributed by atoms with Crippen molar-refractivity contribution in [2.24, 2.45) is 0 Å². The number of Topliss-reactive ketones (excluding diaryl/α,β-unsaturated/α-hetero) is 1. The molecule has 0 radical (unpaired) electrons. The fourth-order valence-corrected chi connectivity index (χ4v) is 1.02. The lowest BCUT2D eigenvalue weighted by atomic mass is 10.1. The maximum absolute atomic E-state index is 10.8. The molecular formula is C8H13NO2. The van der Waals surface area contributed by atoms with Crippen molar-refractivity contribution >= 4 is 5.78 Å². The summed E-state index contributed by atoms with van der Waals surface area (Å²) >= 11 is 0. The summed E-state index contributed by atoms with van der Waals surface area (Å²) in [4.78, 5) is 16.0. The Morgan fingerprint density at radius 1 is 1.55 bits per heavy atom. The van der Waals surface area contributed by atoms with Gasteiger partial charge in [-0.15, -0.1) is 6.58 Å². The minimum Gasteiger partial charge on any atom is -0.300 e. The molecule has 0 amide bonds. The van der Waals surface area contributed by atoms with Gasteiger partial charge in [0.15, 0.2) is 0 Å². The maximum atomic E-state index is 10.8. The maximum Gasteiger partial charge on any atom is 0.135 e. The zero-order chi connectivity index (χ0) is 8.10. The lowest BCUT2D eigenvalue weighted by molar-refractivity contribution is -0.164. The van der Waals surface area contributed by atoms with E-state index in [9.17, 15) is 4.79 Å². The van der Waals surface area contributed by atoms with Crippen LogP contribution >= 0.6 is 0 Å². The number of hydrogen-bond donors (Lipinski definition) is 0. The van der Waals surface area contributed by atoms with E-state index in [1.54, 1.807) is 6.08 Å². The fourth-order valence-electron chi connectivity index (χ4n) is 1.02. The Bertz CT molecular complexity index is 143. The average molecular weight is 155 g/mol. The Labute approximate surface area is 66.6 Å². The first-order valence-corrected chi connectivity index (χ1v) is 3.83. The monoisotopic (exact) mass is 155 g/mol. The molecule has 0 bridgehead atoms. The molecule has 1 saturated heterocycles. The van der Waals surface area contributed by atoms with Crippen LogP contribution in [0.25, 0.3) is 0 Å². The largest absolute Gasteiger partial charge is 0.300 e.